The molecule has 0 aliphatic rings. The predicted molar refractivity (Wildman–Crippen MR) is 165 cm³/mol. The molecule has 3 amide bonds. The van der Waals surface area contributed by atoms with Gasteiger partial charge >= 0.3 is 12.1 Å². The highest BCUT2D eigenvalue weighted by Crippen LogP contribution is 2.25. The fraction of sp³-hybridized carbons (Fsp3) is 0.515. The Kier molecular flexibility index (Phi) is 11.3. The molecule has 0 aliphatic carbocycles. The summed E-state index contributed by atoms with van der Waals surface area (Å²) in [6, 6.07) is 11.0. The van der Waals surface area contributed by atoms with Crippen LogP contribution in [0.25, 0.3) is 10.8 Å². The number of aliphatic carboxylic acids is 1. The molecular weight excluding hydrogens is 534 g/mol. The molecule has 0 spiro atoms. The Morgan fingerprint density at radius 1 is 0.952 bits per heavy atom. The van der Waals surface area contributed by atoms with E-state index < -0.39 is 47.1 Å². The van der Waals surface area contributed by atoms with E-state index in [2.05, 4.69) is 10.6 Å². The lowest BCUT2D eigenvalue weighted by Crippen LogP contribution is -2.60. The molecule has 230 valence electrons. The number of carboxylic acid groups (broad SMARTS) is 1. The third kappa shape index (κ3) is 9.60. The molecule has 2 rings (SSSR count). The van der Waals surface area contributed by atoms with Crippen LogP contribution in [0.1, 0.15) is 67.9 Å². The maximum absolute atomic E-state index is 13.9. The van der Waals surface area contributed by atoms with Crippen LogP contribution in [-0.2, 0) is 25.5 Å². The van der Waals surface area contributed by atoms with Gasteiger partial charge in [0.2, 0.25) is 11.8 Å². The first-order valence-corrected chi connectivity index (χ1v) is 14.3. The van der Waals surface area contributed by atoms with E-state index in [-0.39, 0.29) is 23.8 Å². The number of alkyl carbamates (subject to hydrolysis) is 1. The van der Waals surface area contributed by atoms with Gasteiger partial charge in [-0.15, -0.1) is 0 Å². The Labute approximate surface area is 249 Å². The van der Waals surface area contributed by atoms with Gasteiger partial charge in [0.05, 0.1) is 6.04 Å². The Bertz CT molecular complexity index is 1310. The second-order valence-electron chi connectivity index (χ2n) is 13.2. The third-order valence-electron chi connectivity index (χ3n) is 6.95. The fourth-order valence-electron chi connectivity index (χ4n) is 4.67. The molecule has 0 aliphatic heterocycles. The number of hydrogen-bond acceptors (Lipinski definition) is 5. The Morgan fingerprint density at radius 2 is 1.55 bits per heavy atom. The maximum Gasteiger partial charge on any atom is 0.408 e. The summed E-state index contributed by atoms with van der Waals surface area (Å²) in [7, 11) is 1.61. The van der Waals surface area contributed by atoms with Gasteiger partial charge < -0.3 is 25.4 Å². The standard InChI is InChI=1S/C33H47N3O6/c1-20(2)26(18-21(3)30(39)40)36(10)29(38)27(32(4,5)6)35-28(37)25(34-31(41)42-33(7,8)9)19-23-16-13-15-22-14-11-12-17-24(22)23/h11-18,20,25-27H,19H2,1-10H3,(H,34,41)(H,35,37)(H,39,40)/b21-18+/t25-,26?,27+/m0/s1. The number of hydrogen-bond donors (Lipinski definition) is 3. The van der Waals surface area contributed by atoms with Crippen molar-refractivity contribution in [1.29, 1.82) is 0 Å². The van der Waals surface area contributed by atoms with Gasteiger partial charge in [0.25, 0.3) is 0 Å². The first kappa shape index (κ1) is 34.3. The van der Waals surface area contributed by atoms with Crippen LogP contribution in [0.5, 0.6) is 0 Å². The van der Waals surface area contributed by atoms with Crippen LogP contribution in [0.15, 0.2) is 54.1 Å². The molecule has 42 heavy (non-hydrogen) atoms. The van der Waals surface area contributed by atoms with E-state index in [1.54, 1.807) is 33.9 Å². The first-order chi connectivity index (χ1) is 19.3. The minimum atomic E-state index is -1.06. The molecule has 0 bridgehead atoms. The highest BCUT2D eigenvalue weighted by Gasteiger charge is 2.38. The number of likely N-dealkylation sites (N-methyl/N-ethyl adjacent to an activating group) is 1. The summed E-state index contributed by atoms with van der Waals surface area (Å²) in [4.78, 5) is 53.6. The fourth-order valence-corrected chi connectivity index (χ4v) is 4.67. The number of rotatable bonds is 10. The molecule has 0 radical (unpaired) electrons. The lowest BCUT2D eigenvalue weighted by molar-refractivity contribution is -0.140. The van der Waals surface area contributed by atoms with E-state index in [1.807, 2.05) is 77.1 Å². The molecule has 1 unspecified atom stereocenters. The topological polar surface area (TPSA) is 125 Å². The average molecular weight is 582 g/mol. The molecule has 3 N–H and O–H groups in total. The molecule has 3 atom stereocenters. The van der Waals surface area contributed by atoms with Crippen molar-refractivity contribution < 1.29 is 29.0 Å². The molecule has 2 aromatic carbocycles. The van der Waals surface area contributed by atoms with Crippen LogP contribution in [0.2, 0.25) is 0 Å². The minimum absolute atomic E-state index is 0.0856. The number of benzene rings is 2. The highest BCUT2D eigenvalue weighted by atomic mass is 16.6. The minimum Gasteiger partial charge on any atom is -0.478 e. The summed E-state index contributed by atoms with van der Waals surface area (Å²) >= 11 is 0. The largest absolute Gasteiger partial charge is 0.478 e. The van der Waals surface area contributed by atoms with E-state index in [0.29, 0.717) is 0 Å². The van der Waals surface area contributed by atoms with Crippen LogP contribution in [0.3, 0.4) is 0 Å². The highest BCUT2D eigenvalue weighted by molar-refractivity contribution is 5.93. The van der Waals surface area contributed by atoms with Crippen molar-refractivity contribution in [2.75, 3.05) is 7.05 Å². The molecule has 0 heterocycles. The lowest BCUT2D eigenvalue weighted by Gasteiger charge is -2.38. The number of carbonyl (C=O) groups is 4. The summed E-state index contributed by atoms with van der Waals surface area (Å²) < 4.78 is 5.46. The van der Waals surface area contributed by atoms with E-state index in [1.165, 1.54) is 11.8 Å². The number of ether oxygens (including phenoxy) is 1. The van der Waals surface area contributed by atoms with Crippen LogP contribution in [0, 0.1) is 11.3 Å². The van der Waals surface area contributed by atoms with Crippen LogP contribution < -0.4 is 10.6 Å². The molecule has 2 aromatic rings. The van der Waals surface area contributed by atoms with Gasteiger partial charge in [-0.3, -0.25) is 9.59 Å². The predicted octanol–water partition coefficient (Wildman–Crippen LogP) is 5.32. The van der Waals surface area contributed by atoms with Gasteiger partial charge in [-0.1, -0.05) is 83.2 Å². The number of nitrogens with one attached hydrogen (secondary N) is 2. The van der Waals surface area contributed by atoms with Crippen LogP contribution in [-0.4, -0.2) is 64.7 Å². The third-order valence-corrected chi connectivity index (χ3v) is 6.95. The number of carbonyl (C=O) groups excluding carboxylic acids is 3. The quantitative estimate of drug-likeness (QED) is 0.326. The smallest absolute Gasteiger partial charge is 0.408 e. The van der Waals surface area contributed by atoms with Crippen LogP contribution in [0.4, 0.5) is 4.79 Å². The van der Waals surface area contributed by atoms with Crippen molar-refractivity contribution >= 4 is 34.6 Å². The van der Waals surface area contributed by atoms with E-state index in [0.717, 1.165) is 16.3 Å². The van der Waals surface area contributed by atoms with Crippen molar-refractivity contribution in [2.24, 2.45) is 11.3 Å². The molecule has 9 nitrogen and oxygen atoms in total. The van der Waals surface area contributed by atoms with Gasteiger partial charge in [0, 0.05) is 19.0 Å². The van der Waals surface area contributed by atoms with Gasteiger partial charge in [-0.2, -0.15) is 0 Å². The number of carboxylic acids is 1. The normalized spacial score (nSPS) is 14.6. The summed E-state index contributed by atoms with van der Waals surface area (Å²) in [6.45, 7) is 16.0. The lowest BCUT2D eigenvalue weighted by atomic mass is 9.84. The average Bonchev–Trinajstić information content (AvgIpc) is 2.87. The second kappa shape index (κ2) is 13.9. The SMILES string of the molecule is C/C(=C\C(C(C)C)N(C)C(=O)[C@@H](NC(=O)[C@H](Cc1cccc2ccccc12)NC(=O)OC(C)(C)C)C(C)(C)C)C(=O)O. The Morgan fingerprint density at radius 3 is 2.10 bits per heavy atom. The Balaban J connectivity index is 2.45. The van der Waals surface area contributed by atoms with Gasteiger partial charge in [0.15, 0.2) is 0 Å². The van der Waals surface area contributed by atoms with Crippen molar-refractivity contribution in [1.82, 2.24) is 15.5 Å². The van der Waals surface area contributed by atoms with Gasteiger partial charge in [-0.25, -0.2) is 9.59 Å². The molecule has 0 aromatic heterocycles. The van der Waals surface area contributed by atoms with Crippen molar-refractivity contribution in [3.63, 3.8) is 0 Å². The van der Waals surface area contributed by atoms with E-state index in [4.69, 9.17) is 4.74 Å². The van der Waals surface area contributed by atoms with Crippen molar-refractivity contribution in [2.45, 2.75) is 92.5 Å². The van der Waals surface area contributed by atoms with E-state index >= 15 is 0 Å². The van der Waals surface area contributed by atoms with Gasteiger partial charge in [-0.05, 0) is 55.4 Å². The zero-order valence-corrected chi connectivity index (χ0v) is 26.6. The van der Waals surface area contributed by atoms with Crippen molar-refractivity contribution in [3.8, 4) is 0 Å². The number of fused-ring (bicyclic) bond motifs is 1. The molecule has 0 fully saturated rings. The maximum atomic E-state index is 13.9. The summed E-state index contributed by atoms with van der Waals surface area (Å²) in [5.74, 6) is -2.05. The van der Waals surface area contributed by atoms with Crippen LogP contribution >= 0.6 is 0 Å². The molecular formula is C33H47N3O6. The number of nitrogens with zero attached hydrogens (tertiary/aromatic N) is 1. The zero-order valence-electron chi connectivity index (χ0n) is 26.6. The zero-order chi connectivity index (χ0) is 32.0. The monoisotopic (exact) mass is 581 g/mol. The second-order valence-corrected chi connectivity index (χ2v) is 13.2. The Hall–Kier alpha value is -3.88. The van der Waals surface area contributed by atoms with Gasteiger partial charge in [0.1, 0.15) is 17.7 Å². The van der Waals surface area contributed by atoms with Crippen molar-refractivity contribution in [3.05, 3.63) is 59.7 Å². The summed E-state index contributed by atoms with van der Waals surface area (Å²) in [5.41, 5.74) is -0.495. The molecule has 0 saturated carbocycles. The molecule has 9 heteroatoms. The van der Waals surface area contributed by atoms with E-state index in [9.17, 15) is 24.3 Å². The number of amides is 3. The molecule has 0 saturated heterocycles. The first-order valence-electron chi connectivity index (χ1n) is 14.3. The summed E-state index contributed by atoms with van der Waals surface area (Å²) in [5, 5.41) is 17.0. The summed E-state index contributed by atoms with van der Waals surface area (Å²) in [6.07, 6.45) is 0.982.